The Kier molecular flexibility index (Phi) is 6.02. The Balaban J connectivity index is 1.21. The molecule has 1 aliphatic rings. The van der Waals surface area contributed by atoms with Crippen molar-refractivity contribution in [2.75, 3.05) is 0 Å². The van der Waals surface area contributed by atoms with E-state index in [1.165, 1.54) is 98.7 Å². The Bertz CT molecular complexity index is 2780. The fourth-order valence-electron chi connectivity index (χ4n) is 8.69. The normalized spacial score (nSPS) is 13.3. The van der Waals surface area contributed by atoms with Crippen molar-refractivity contribution in [1.29, 1.82) is 0 Å². The molecular weight excluding hydrogens is 589 g/mol. The van der Waals surface area contributed by atoms with Crippen LogP contribution in [0.1, 0.15) is 25.0 Å². The Morgan fingerprint density at radius 2 is 0.918 bits per heavy atom. The molecule has 0 aromatic heterocycles. The molecule has 0 heteroatoms. The van der Waals surface area contributed by atoms with Gasteiger partial charge in [0.25, 0.3) is 0 Å². The van der Waals surface area contributed by atoms with Gasteiger partial charge in [0.1, 0.15) is 0 Å². The Morgan fingerprint density at radius 1 is 0.327 bits per heavy atom. The molecule has 0 aliphatic heterocycles. The summed E-state index contributed by atoms with van der Waals surface area (Å²) in [4.78, 5) is 0. The van der Waals surface area contributed by atoms with Gasteiger partial charge in [0.2, 0.25) is 0 Å². The first kappa shape index (κ1) is 28.1. The quantitative estimate of drug-likeness (QED) is 0.136. The number of fused-ring (bicyclic) bond motifs is 9. The molecule has 230 valence electrons. The zero-order valence-corrected chi connectivity index (χ0v) is 27.7. The van der Waals surface area contributed by atoms with Crippen LogP contribution in [0, 0.1) is 0 Å². The standard InChI is InChI=1S/C49H34/c1-49(2)46-30-35(22-24-40(46)43-27-21-33-15-7-11-19-39(33)48(43)49)34-23-26-41(44(28-34)31-12-4-3-5-13-31)47-38-18-10-8-16-36(38)29-45-37-17-9-6-14-32(37)20-25-42(45)47/h3-30H,1-2H3. The van der Waals surface area contributed by atoms with Gasteiger partial charge in [-0.05, 0) is 117 Å². The van der Waals surface area contributed by atoms with Gasteiger partial charge in [-0.1, -0.05) is 166 Å². The minimum absolute atomic E-state index is 0.103. The molecule has 0 fully saturated rings. The van der Waals surface area contributed by atoms with Crippen LogP contribution in [-0.4, -0.2) is 0 Å². The highest BCUT2D eigenvalue weighted by atomic mass is 14.4. The zero-order chi connectivity index (χ0) is 32.7. The molecule has 9 aromatic rings. The average molecular weight is 623 g/mol. The van der Waals surface area contributed by atoms with E-state index >= 15 is 0 Å². The van der Waals surface area contributed by atoms with Gasteiger partial charge in [-0.25, -0.2) is 0 Å². The molecule has 0 radical (unpaired) electrons. The topological polar surface area (TPSA) is 0 Å². The first-order valence-electron chi connectivity index (χ1n) is 17.3. The highest BCUT2D eigenvalue weighted by Crippen LogP contribution is 2.52. The lowest BCUT2D eigenvalue weighted by Crippen LogP contribution is -2.15. The second-order valence-corrected chi connectivity index (χ2v) is 14.1. The molecule has 0 spiro atoms. The van der Waals surface area contributed by atoms with Crippen LogP contribution in [0.3, 0.4) is 0 Å². The molecule has 0 bridgehead atoms. The number of hydrogen-bond acceptors (Lipinski definition) is 0. The van der Waals surface area contributed by atoms with E-state index < -0.39 is 0 Å². The summed E-state index contributed by atoms with van der Waals surface area (Å²) in [7, 11) is 0. The van der Waals surface area contributed by atoms with E-state index in [9.17, 15) is 0 Å². The van der Waals surface area contributed by atoms with E-state index in [2.05, 4.69) is 184 Å². The molecule has 0 amide bonds. The lowest BCUT2D eigenvalue weighted by atomic mass is 9.79. The van der Waals surface area contributed by atoms with Gasteiger partial charge in [-0.15, -0.1) is 0 Å². The van der Waals surface area contributed by atoms with Gasteiger partial charge < -0.3 is 0 Å². The van der Waals surface area contributed by atoms with Gasteiger partial charge in [0, 0.05) is 5.41 Å². The van der Waals surface area contributed by atoms with Gasteiger partial charge in [0.15, 0.2) is 0 Å². The molecule has 0 nitrogen and oxygen atoms in total. The molecule has 0 atom stereocenters. The number of benzene rings is 9. The fourth-order valence-corrected chi connectivity index (χ4v) is 8.69. The number of rotatable bonds is 3. The molecule has 0 heterocycles. The summed E-state index contributed by atoms with van der Waals surface area (Å²) < 4.78 is 0. The smallest absolute Gasteiger partial charge is 0.0165 e. The first-order chi connectivity index (χ1) is 24.1. The lowest BCUT2D eigenvalue weighted by Gasteiger charge is -2.24. The van der Waals surface area contributed by atoms with Crippen LogP contribution in [-0.2, 0) is 5.41 Å². The third kappa shape index (κ3) is 4.17. The van der Waals surface area contributed by atoms with Crippen molar-refractivity contribution in [2.24, 2.45) is 0 Å². The zero-order valence-electron chi connectivity index (χ0n) is 27.7. The molecule has 49 heavy (non-hydrogen) atoms. The fraction of sp³-hybridized carbons (Fsp3) is 0.0612. The van der Waals surface area contributed by atoms with E-state index in [0.717, 1.165) is 0 Å². The summed E-state index contributed by atoms with van der Waals surface area (Å²) in [5.41, 5.74) is 13.0. The Hall–Kier alpha value is -5.98. The van der Waals surface area contributed by atoms with Crippen molar-refractivity contribution in [3.63, 3.8) is 0 Å². The maximum atomic E-state index is 2.45. The summed E-state index contributed by atoms with van der Waals surface area (Å²) in [5.74, 6) is 0. The van der Waals surface area contributed by atoms with Crippen LogP contribution in [0.25, 0.3) is 87.6 Å². The van der Waals surface area contributed by atoms with Crippen molar-refractivity contribution >= 4 is 43.1 Å². The van der Waals surface area contributed by atoms with Crippen molar-refractivity contribution in [3.05, 3.63) is 181 Å². The van der Waals surface area contributed by atoms with Gasteiger partial charge in [-0.3, -0.25) is 0 Å². The van der Waals surface area contributed by atoms with Crippen LogP contribution in [0.2, 0.25) is 0 Å². The summed E-state index contributed by atoms with van der Waals surface area (Å²) in [6.07, 6.45) is 0. The second kappa shape index (κ2) is 10.5. The van der Waals surface area contributed by atoms with Crippen LogP contribution >= 0.6 is 0 Å². The van der Waals surface area contributed by atoms with E-state index in [-0.39, 0.29) is 5.41 Å². The average Bonchev–Trinajstić information content (AvgIpc) is 3.39. The molecule has 1 aliphatic carbocycles. The van der Waals surface area contributed by atoms with E-state index in [0.29, 0.717) is 0 Å². The van der Waals surface area contributed by atoms with Crippen molar-refractivity contribution in [2.45, 2.75) is 19.3 Å². The van der Waals surface area contributed by atoms with Crippen LogP contribution < -0.4 is 0 Å². The number of hydrogen-bond donors (Lipinski definition) is 0. The largest absolute Gasteiger partial charge is 0.0622 e. The summed E-state index contributed by atoms with van der Waals surface area (Å²) >= 11 is 0. The minimum atomic E-state index is -0.103. The monoisotopic (exact) mass is 622 g/mol. The Morgan fingerprint density at radius 3 is 1.71 bits per heavy atom. The molecule has 0 saturated carbocycles. The SMILES string of the molecule is CC1(C)c2cc(-c3ccc(-c4c5ccccc5cc5c4ccc4ccccc45)c(-c4ccccc4)c3)ccc2-c2ccc3ccccc3c21. The van der Waals surface area contributed by atoms with Gasteiger partial charge in [0.05, 0.1) is 0 Å². The Labute approximate surface area is 286 Å². The minimum Gasteiger partial charge on any atom is -0.0622 e. The maximum Gasteiger partial charge on any atom is 0.0165 e. The molecule has 10 rings (SSSR count). The van der Waals surface area contributed by atoms with Crippen LogP contribution in [0.15, 0.2) is 170 Å². The van der Waals surface area contributed by atoms with Crippen molar-refractivity contribution < 1.29 is 0 Å². The molecule has 0 N–H and O–H groups in total. The van der Waals surface area contributed by atoms with Crippen molar-refractivity contribution in [3.8, 4) is 44.5 Å². The lowest BCUT2D eigenvalue weighted by molar-refractivity contribution is 0.666. The third-order valence-electron chi connectivity index (χ3n) is 11.0. The van der Waals surface area contributed by atoms with Crippen molar-refractivity contribution in [1.82, 2.24) is 0 Å². The highest BCUT2D eigenvalue weighted by Gasteiger charge is 2.37. The highest BCUT2D eigenvalue weighted by molar-refractivity contribution is 6.21. The molecule has 0 unspecified atom stereocenters. The summed E-state index contributed by atoms with van der Waals surface area (Å²) in [6, 6.07) is 63.2. The predicted octanol–water partition coefficient (Wildman–Crippen LogP) is 13.6. The van der Waals surface area contributed by atoms with Crippen LogP contribution in [0.5, 0.6) is 0 Å². The predicted molar refractivity (Wildman–Crippen MR) is 210 cm³/mol. The molecule has 0 saturated heterocycles. The van der Waals surface area contributed by atoms with E-state index in [4.69, 9.17) is 0 Å². The summed E-state index contributed by atoms with van der Waals surface area (Å²) in [6.45, 7) is 4.78. The van der Waals surface area contributed by atoms with Gasteiger partial charge in [-0.2, -0.15) is 0 Å². The molecule has 9 aromatic carbocycles. The second-order valence-electron chi connectivity index (χ2n) is 14.1. The van der Waals surface area contributed by atoms with E-state index in [1.807, 2.05) is 0 Å². The third-order valence-corrected chi connectivity index (χ3v) is 11.0. The maximum absolute atomic E-state index is 2.45. The molecular formula is C49H34. The summed E-state index contributed by atoms with van der Waals surface area (Å²) in [5, 5.41) is 10.3. The first-order valence-corrected chi connectivity index (χ1v) is 17.3. The van der Waals surface area contributed by atoms with E-state index in [1.54, 1.807) is 0 Å². The van der Waals surface area contributed by atoms with Crippen LogP contribution in [0.4, 0.5) is 0 Å². The van der Waals surface area contributed by atoms with Gasteiger partial charge >= 0.3 is 0 Å².